The molecule has 0 saturated heterocycles. The zero-order chi connectivity index (χ0) is 16.4. The fourth-order valence-electron chi connectivity index (χ4n) is 2.49. The number of carbonyl (C=O) groups excluding carboxylic acids is 1. The second kappa shape index (κ2) is 6.66. The number of ketones is 1. The largest absolute Gasteiger partial charge is 0.507 e. The lowest BCUT2D eigenvalue weighted by atomic mass is 9.89. The third-order valence-corrected chi connectivity index (χ3v) is 4.49. The molecule has 0 bridgehead atoms. The SMILES string of the molecule is CC(C)c1cc(C(=O)c2ccccc2Br)cc(C(C)C)c1O. The third kappa shape index (κ3) is 3.25. The van der Waals surface area contributed by atoms with Gasteiger partial charge in [0.2, 0.25) is 0 Å². The average molecular weight is 361 g/mol. The number of hydrogen-bond donors (Lipinski definition) is 1. The summed E-state index contributed by atoms with van der Waals surface area (Å²) < 4.78 is 0.783. The van der Waals surface area contributed by atoms with Gasteiger partial charge in [0.25, 0.3) is 0 Å². The lowest BCUT2D eigenvalue weighted by molar-refractivity contribution is 0.103. The maximum Gasteiger partial charge on any atom is 0.194 e. The molecule has 2 aromatic carbocycles. The number of halogens is 1. The summed E-state index contributed by atoms with van der Waals surface area (Å²) in [5.41, 5.74) is 2.90. The van der Waals surface area contributed by atoms with Crippen LogP contribution < -0.4 is 0 Å². The zero-order valence-electron chi connectivity index (χ0n) is 13.4. The van der Waals surface area contributed by atoms with Crippen LogP contribution in [0, 0.1) is 0 Å². The Balaban J connectivity index is 2.61. The molecular weight excluding hydrogens is 340 g/mol. The summed E-state index contributed by atoms with van der Waals surface area (Å²) in [7, 11) is 0. The van der Waals surface area contributed by atoms with Crippen molar-refractivity contribution in [1.82, 2.24) is 0 Å². The van der Waals surface area contributed by atoms with Crippen molar-refractivity contribution in [2.24, 2.45) is 0 Å². The third-order valence-electron chi connectivity index (χ3n) is 3.79. The second-order valence-corrected chi connectivity index (χ2v) is 6.98. The first-order valence-electron chi connectivity index (χ1n) is 7.49. The number of hydrogen-bond acceptors (Lipinski definition) is 2. The molecule has 2 rings (SSSR count). The molecule has 116 valence electrons. The van der Waals surface area contributed by atoms with E-state index >= 15 is 0 Å². The van der Waals surface area contributed by atoms with Crippen LogP contribution in [0.5, 0.6) is 5.75 Å². The van der Waals surface area contributed by atoms with Crippen LogP contribution in [0.3, 0.4) is 0 Å². The quantitative estimate of drug-likeness (QED) is 0.717. The van der Waals surface area contributed by atoms with E-state index in [4.69, 9.17) is 0 Å². The molecule has 0 radical (unpaired) electrons. The van der Waals surface area contributed by atoms with Crippen LogP contribution in [0.15, 0.2) is 40.9 Å². The molecule has 0 spiro atoms. The minimum Gasteiger partial charge on any atom is -0.507 e. The van der Waals surface area contributed by atoms with Gasteiger partial charge in [-0.05, 0) is 47.2 Å². The molecule has 0 fully saturated rings. The van der Waals surface area contributed by atoms with E-state index in [9.17, 15) is 9.90 Å². The van der Waals surface area contributed by atoms with E-state index in [-0.39, 0.29) is 17.6 Å². The standard InChI is InChI=1S/C19H21BrO2/c1-11(2)15-9-13(10-16(12(3)4)19(15)22)18(21)14-7-5-6-8-17(14)20/h5-12,22H,1-4H3. The van der Waals surface area contributed by atoms with Gasteiger partial charge in [-0.25, -0.2) is 0 Å². The van der Waals surface area contributed by atoms with Crippen molar-refractivity contribution in [3.8, 4) is 5.75 Å². The molecule has 1 N–H and O–H groups in total. The molecule has 2 nitrogen and oxygen atoms in total. The molecule has 0 amide bonds. The first kappa shape index (κ1) is 16.8. The minimum absolute atomic E-state index is 0.0312. The molecule has 0 saturated carbocycles. The van der Waals surface area contributed by atoms with Gasteiger partial charge in [-0.2, -0.15) is 0 Å². The van der Waals surface area contributed by atoms with E-state index < -0.39 is 0 Å². The van der Waals surface area contributed by atoms with E-state index in [0.29, 0.717) is 16.9 Å². The molecule has 22 heavy (non-hydrogen) atoms. The van der Waals surface area contributed by atoms with Gasteiger partial charge in [0.15, 0.2) is 5.78 Å². The number of rotatable bonds is 4. The van der Waals surface area contributed by atoms with Crippen LogP contribution in [0.25, 0.3) is 0 Å². The maximum atomic E-state index is 12.8. The van der Waals surface area contributed by atoms with Crippen molar-refractivity contribution in [2.45, 2.75) is 39.5 Å². The number of phenolic OH excluding ortho intramolecular Hbond substituents is 1. The van der Waals surface area contributed by atoms with Gasteiger partial charge in [-0.1, -0.05) is 55.8 Å². The summed E-state index contributed by atoms with van der Waals surface area (Å²) in [4.78, 5) is 12.8. The van der Waals surface area contributed by atoms with Crippen molar-refractivity contribution in [3.05, 3.63) is 63.1 Å². The van der Waals surface area contributed by atoms with E-state index in [2.05, 4.69) is 15.9 Å². The number of phenols is 1. The van der Waals surface area contributed by atoms with Crippen LogP contribution in [-0.2, 0) is 0 Å². The van der Waals surface area contributed by atoms with E-state index in [1.54, 1.807) is 0 Å². The van der Waals surface area contributed by atoms with Crippen molar-refractivity contribution in [3.63, 3.8) is 0 Å². The summed E-state index contributed by atoms with van der Waals surface area (Å²) >= 11 is 3.43. The molecule has 0 aromatic heterocycles. The van der Waals surface area contributed by atoms with Crippen LogP contribution >= 0.6 is 15.9 Å². The molecule has 2 aromatic rings. The topological polar surface area (TPSA) is 37.3 Å². The van der Waals surface area contributed by atoms with Crippen molar-refractivity contribution < 1.29 is 9.90 Å². The summed E-state index contributed by atoms with van der Waals surface area (Å²) in [6.45, 7) is 8.08. The van der Waals surface area contributed by atoms with E-state index in [1.807, 2.05) is 64.1 Å². The van der Waals surface area contributed by atoms with Crippen molar-refractivity contribution in [2.75, 3.05) is 0 Å². The van der Waals surface area contributed by atoms with Gasteiger partial charge in [-0.15, -0.1) is 0 Å². The fourth-order valence-corrected chi connectivity index (χ4v) is 2.96. The highest BCUT2D eigenvalue weighted by atomic mass is 79.9. The molecule has 0 unspecified atom stereocenters. The van der Waals surface area contributed by atoms with Crippen molar-refractivity contribution >= 4 is 21.7 Å². The summed E-state index contributed by atoms with van der Waals surface area (Å²) in [5, 5.41) is 10.4. The molecule has 0 aliphatic carbocycles. The van der Waals surface area contributed by atoms with Gasteiger partial charge in [0, 0.05) is 15.6 Å². The highest BCUT2D eigenvalue weighted by Crippen LogP contribution is 2.35. The smallest absolute Gasteiger partial charge is 0.194 e. The Labute approximate surface area is 140 Å². The zero-order valence-corrected chi connectivity index (χ0v) is 14.9. The first-order chi connectivity index (χ1) is 10.3. The molecule has 0 atom stereocenters. The van der Waals surface area contributed by atoms with Gasteiger partial charge in [0.1, 0.15) is 5.75 Å². The normalized spacial score (nSPS) is 11.2. The van der Waals surface area contributed by atoms with E-state index in [0.717, 1.165) is 15.6 Å². The number of benzene rings is 2. The van der Waals surface area contributed by atoms with Gasteiger partial charge in [0.05, 0.1) is 0 Å². The number of aromatic hydroxyl groups is 1. The van der Waals surface area contributed by atoms with Gasteiger partial charge < -0.3 is 5.11 Å². The van der Waals surface area contributed by atoms with Gasteiger partial charge >= 0.3 is 0 Å². The summed E-state index contributed by atoms with van der Waals surface area (Å²) in [5.74, 6) is 0.596. The maximum absolute atomic E-state index is 12.8. The Morgan fingerprint density at radius 2 is 1.50 bits per heavy atom. The fraction of sp³-hybridized carbons (Fsp3) is 0.316. The average Bonchev–Trinajstić information content (AvgIpc) is 2.46. The molecule has 0 aliphatic heterocycles. The van der Waals surface area contributed by atoms with Crippen molar-refractivity contribution in [1.29, 1.82) is 0 Å². The predicted octanol–water partition coefficient (Wildman–Crippen LogP) is 5.63. The Kier molecular flexibility index (Phi) is 5.07. The monoisotopic (exact) mass is 360 g/mol. The molecule has 3 heteroatoms. The lowest BCUT2D eigenvalue weighted by Crippen LogP contribution is -2.06. The van der Waals surface area contributed by atoms with Crippen LogP contribution in [0.1, 0.15) is 66.6 Å². The first-order valence-corrected chi connectivity index (χ1v) is 8.28. The Hall–Kier alpha value is -1.61. The second-order valence-electron chi connectivity index (χ2n) is 6.12. The number of carbonyl (C=O) groups is 1. The van der Waals surface area contributed by atoms with Crippen LogP contribution in [0.4, 0.5) is 0 Å². The summed E-state index contributed by atoms with van der Waals surface area (Å²) in [6, 6.07) is 11.0. The van der Waals surface area contributed by atoms with Crippen LogP contribution in [-0.4, -0.2) is 10.9 Å². The molecule has 0 aliphatic rings. The van der Waals surface area contributed by atoms with E-state index in [1.165, 1.54) is 0 Å². The predicted molar refractivity (Wildman–Crippen MR) is 93.9 cm³/mol. The Bertz CT molecular complexity index is 673. The lowest BCUT2D eigenvalue weighted by Gasteiger charge is -2.17. The Morgan fingerprint density at radius 3 is 1.95 bits per heavy atom. The Morgan fingerprint density at radius 1 is 1.00 bits per heavy atom. The summed E-state index contributed by atoms with van der Waals surface area (Å²) in [6.07, 6.45) is 0. The van der Waals surface area contributed by atoms with Crippen LogP contribution in [0.2, 0.25) is 0 Å². The molecular formula is C19H21BrO2. The highest BCUT2D eigenvalue weighted by Gasteiger charge is 2.19. The van der Waals surface area contributed by atoms with Gasteiger partial charge in [-0.3, -0.25) is 4.79 Å². The minimum atomic E-state index is -0.0312. The highest BCUT2D eigenvalue weighted by molar-refractivity contribution is 9.10. The molecule has 0 heterocycles.